The summed E-state index contributed by atoms with van der Waals surface area (Å²) in [6.07, 6.45) is 3.36. The first kappa shape index (κ1) is 14.2. The Morgan fingerprint density at radius 2 is 2.00 bits per heavy atom. The van der Waals surface area contributed by atoms with Gasteiger partial charge in [-0.1, -0.05) is 13.8 Å². The van der Waals surface area contributed by atoms with E-state index in [0.29, 0.717) is 0 Å². The number of nitrogens with zero attached hydrogens (tertiary/aromatic N) is 2. The number of hydrogen-bond acceptors (Lipinski definition) is 2. The summed E-state index contributed by atoms with van der Waals surface area (Å²) in [6, 6.07) is 0. The lowest BCUT2D eigenvalue weighted by molar-refractivity contribution is 0.423. The fourth-order valence-electron chi connectivity index (χ4n) is 1.60. The van der Waals surface area contributed by atoms with Crippen LogP contribution < -0.4 is 5.32 Å². The van der Waals surface area contributed by atoms with E-state index >= 15 is 0 Å². The van der Waals surface area contributed by atoms with Gasteiger partial charge in [0.1, 0.15) is 0 Å². The summed E-state index contributed by atoms with van der Waals surface area (Å²) in [4.78, 5) is 0. The fourth-order valence-corrected chi connectivity index (χ4v) is 1.60. The van der Waals surface area contributed by atoms with Crippen LogP contribution in [0.2, 0.25) is 0 Å². The molecule has 0 aliphatic heterocycles. The van der Waals surface area contributed by atoms with Crippen LogP contribution in [0.5, 0.6) is 0 Å². The van der Waals surface area contributed by atoms with Crippen molar-refractivity contribution in [1.82, 2.24) is 15.1 Å². The maximum Gasteiger partial charge on any atom is 0.0638 e. The molecule has 0 atom stereocenters. The third-order valence-corrected chi connectivity index (χ3v) is 2.79. The molecule has 0 amide bonds. The van der Waals surface area contributed by atoms with Crippen LogP contribution in [0.15, 0.2) is 6.20 Å². The van der Waals surface area contributed by atoms with Crippen LogP contribution in [0.4, 0.5) is 0 Å². The number of hydrogen-bond donors (Lipinski definition) is 1. The molecule has 98 valence electrons. The summed E-state index contributed by atoms with van der Waals surface area (Å²) >= 11 is 0. The van der Waals surface area contributed by atoms with Crippen molar-refractivity contribution in [3.05, 3.63) is 17.5 Å². The second kappa shape index (κ2) is 5.67. The molecule has 0 aliphatic carbocycles. The van der Waals surface area contributed by atoms with Crippen molar-refractivity contribution in [3.8, 4) is 0 Å². The molecule has 3 nitrogen and oxygen atoms in total. The number of aromatic nitrogens is 2. The smallest absolute Gasteiger partial charge is 0.0638 e. The molecule has 0 spiro atoms. The monoisotopic (exact) mass is 237 g/mol. The zero-order chi connectivity index (χ0) is 13.1. The van der Waals surface area contributed by atoms with Gasteiger partial charge in [-0.3, -0.25) is 4.68 Å². The van der Waals surface area contributed by atoms with Gasteiger partial charge >= 0.3 is 0 Å². The molecule has 1 aromatic heterocycles. The van der Waals surface area contributed by atoms with Crippen LogP contribution in [-0.4, -0.2) is 15.3 Å². The molecule has 0 unspecified atom stereocenters. The summed E-state index contributed by atoms with van der Waals surface area (Å²) in [7, 11) is 0. The number of aryl methyl sites for hydroxylation is 2. The molecule has 0 saturated carbocycles. The Kier molecular flexibility index (Phi) is 4.75. The molecule has 1 heterocycles. The molecular formula is C14H27N3. The topological polar surface area (TPSA) is 29.9 Å². The van der Waals surface area contributed by atoms with Gasteiger partial charge in [0, 0.05) is 30.4 Å². The zero-order valence-corrected chi connectivity index (χ0v) is 12.2. The van der Waals surface area contributed by atoms with Gasteiger partial charge in [0.25, 0.3) is 0 Å². The van der Waals surface area contributed by atoms with Gasteiger partial charge in [-0.05, 0) is 40.0 Å². The average molecular weight is 237 g/mol. The molecule has 0 bridgehead atoms. The SMILES string of the molecule is Cc1nn(CCC(C)C)cc1CNC(C)(C)C. The van der Waals surface area contributed by atoms with Crippen molar-refractivity contribution in [2.45, 2.75) is 66.6 Å². The summed E-state index contributed by atoms with van der Waals surface area (Å²) < 4.78 is 2.08. The standard InChI is InChI=1S/C14H27N3/c1-11(2)7-8-17-10-13(12(3)16-17)9-15-14(4,5)6/h10-11,15H,7-9H2,1-6H3. The van der Waals surface area contributed by atoms with Gasteiger partial charge in [0.2, 0.25) is 0 Å². The van der Waals surface area contributed by atoms with Crippen LogP contribution >= 0.6 is 0 Å². The summed E-state index contributed by atoms with van der Waals surface area (Å²) in [5.41, 5.74) is 2.61. The third-order valence-electron chi connectivity index (χ3n) is 2.79. The molecule has 1 N–H and O–H groups in total. The van der Waals surface area contributed by atoms with E-state index in [2.05, 4.69) is 62.8 Å². The lowest BCUT2D eigenvalue weighted by Crippen LogP contribution is -2.35. The van der Waals surface area contributed by atoms with Gasteiger partial charge in [0.05, 0.1) is 5.69 Å². The highest BCUT2D eigenvalue weighted by Gasteiger charge is 2.11. The highest BCUT2D eigenvalue weighted by atomic mass is 15.3. The van der Waals surface area contributed by atoms with Gasteiger partial charge < -0.3 is 5.32 Å². The van der Waals surface area contributed by atoms with E-state index in [1.165, 1.54) is 12.0 Å². The van der Waals surface area contributed by atoms with Gasteiger partial charge in [-0.25, -0.2) is 0 Å². The van der Waals surface area contributed by atoms with Crippen molar-refractivity contribution >= 4 is 0 Å². The van der Waals surface area contributed by atoms with Crippen molar-refractivity contribution in [2.75, 3.05) is 0 Å². The minimum absolute atomic E-state index is 0.159. The number of nitrogens with one attached hydrogen (secondary N) is 1. The zero-order valence-electron chi connectivity index (χ0n) is 12.2. The summed E-state index contributed by atoms with van der Waals surface area (Å²) in [5.74, 6) is 0.732. The normalized spacial score (nSPS) is 12.4. The molecule has 1 aromatic rings. The van der Waals surface area contributed by atoms with Crippen molar-refractivity contribution < 1.29 is 0 Å². The first-order chi connectivity index (χ1) is 7.78. The predicted octanol–water partition coefficient (Wildman–Crippen LogP) is 3.13. The first-order valence-electron chi connectivity index (χ1n) is 6.56. The quantitative estimate of drug-likeness (QED) is 0.852. The Balaban J connectivity index is 2.56. The van der Waals surface area contributed by atoms with E-state index in [0.717, 1.165) is 24.7 Å². The minimum atomic E-state index is 0.159. The van der Waals surface area contributed by atoms with Gasteiger partial charge in [-0.2, -0.15) is 5.10 Å². The van der Waals surface area contributed by atoms with Crippen molar-refractivity contribution in [2.24, 2.45) is 5.92 Å². The Morgan fingerprint density at radius 1 is 1.35 bits per heavy atom. The van der Waals surface area contributed by atoms with E-state index in [1.807, 2.05) is 0 Å². The van der Waals surface area contributed by atoms with Crippen LogP contribution in [0.1, 0.15) is 52.3 Å². The minimum Gasteiger partial charge on any atom is -0.308 e. The Morgan fingerprint density at radius 3 is 2.53 bits per heavy atom. The van der Waals surface area contributed by atoms with Gasteiger partial charge in [-0.15, -0.1) is 0 Å². The van der Waals surface area contributed by atoms with Crippen LogP contribution in [0, 0.1) is 12.8 Å². The highest BCUT2D eigenvalue weighted by molar-refractivity contribution is 5.15. The maximum absolute atomic E-state index is 4.56. The molecule has 0 saturated heterocycles. The first-order valence-corrected chi connectivity index (χ1v) is 6.56. The van der Waals surface area contributed by atoms with E-state index in [9.17, 15) is 0 Å². The lowest BCUT2D eigenvalue weighted by atomic mass is 10.1. The van der Waals surface area contributed by atoms with E-state index in [4.69, 9.17) is 0 Å². The largest absolute Gasteiger partial charge is 0.308 e. The Hall–Kier alpha value is -0.830. The van der Waals surface area contributed by atoms with E-state index in [1.54, 1.807) is 0 Å². The second-order valence-electron chi connectivity index (χ2n) is 6.29. The molecule has 3 heteroatoms. The second-order valence-corrected chi connectivity index (χ2v) is 6.29. The highest BCUT2D eigenvalue weighted by Crippen LogP contribution is 2.10. The number of rotatable bonds is 5. The van der Waals surface area contributed by atoms with E-state index in [-0.39, 0.29) is 5.54 Å². The molecule has 1 rings (SSSR count). The van der Waals surface area contributed by atoms with Crippen molar-refractivity contribution in [1.29, 1.82) is 0 Å². The third kappa shape index (κ3) is 5.35. The molecule has 0 fully saturated rings. The maximum atomic E-state index is 4.56. The van der Waals surface area contributed by atoms with Crippen LogP contribution in [-0.2, 0) is 13.1 Å². The van der Waals surface area contributed by atoms with Crippen molar-refractivity contribution in [3.63, 3.8) is 0 Å². The predicted molar refractivity (Wildman–Crippen MR) is 73.0 cm³/mol. The summed E-state index contributed by atoms with van der Waals surface area (Å²) in [5, 5.41) is 8.06. The molecule has 0 aliphatic rings. The Labute approximate surface area is 106 Å². The van der Waals surface area contributed by atoms with Crippen LogP contribution in [0.25, 0.3) is 0 Å². The van der Waals surface area contributed by atoms with Crippen LogP contribution in [0.3, 0.4) is 0 Å². The van der Waals surface area contributed by atoms with Gasteiger partial charge in [0.15, 0.2) is 0 Å². The fraction of sp³-hybridized carbons (Fsp3) is 0.786. The molecule has 17 heavy (non-hydrogen) atoms. The molecular weight excluding hydrogens is 210 g/mol. The molecule has 0 radical (unpaired) electrons. The lowest BCUT2D eigenvalue weighted by Gasteiger charge is -2.20. The molecule has 0 aromatic carbocycles. The van der Waals surface area contributed by atoms with E-state index < -0.39 is 0 Å². The average Bonchev–Trinajstić information content (AvgIpc) is 2.52. The Bertz CT molecular complexity index is 345. The summed E-state index contributed by atoms with van der Waals surface area (Å²) in [6.45, 7) is 15.1.